The van der Waals surface area contributed by atoms with Crippen LogP contribution in [0.5, 0.6) is 0 Å². The van der Waals surface area contributed by atoms with Crippen molar-refractivity contribution < 1.29 is 9.13 Å². The highest BCUT2D eigenvalue weighted by Gasteiger charge is 2.22. The standard InChI is InChI=1S/C25H36N8O.C6H5F/c1-17(26)24(31(3)27)19-14-21-23(28-15-19)20-4-5-22(32-10-8-30(2)9-11-32)29-25(20)33(21)16-18-6-12-34-13-7-18;7-6-4-2-1-3-5-6/h4-5,14-15,18H,6-13,16,26-27H2,1-3H3;1-5H/b24-17-;. The summed E-state index contributed by atoms with van der Waals surface area (Å²) < 4.78 is 19.9. The third-order valence-electron chi connectivity index (χ3n) is 7.87. The van der Waals surface area contributed by atoms with E-state index >= 15 is 0 Å². The number of likely N-dealkylation sites (N-methyl/N-ethyl adjacent to an activating group) is 1. The molecule has 4 N–H and O–H groups in total. The molecule has 0 atom stereocenters. The monoisotopic (exact) mass is 560 g/mol. The smallest absolute Gasteiger partial charge is 0.145 e. The molecule has 2 fully saturated rings. The molecular formula is C31H41FN8O. The molecule has 5 heterocycles. The van der Waals surface area contributed by atoms with E-state index in [1.54, 1.807) is 30.3 Å². The number of anilines is 1. The van der Waals surface area contributed by atoms with Gasteiger partial charge in [-0.1, -0.05) is 18.2 Å². The molecule has 2 aliphatic rings. The minimum absolute atomic E-state index is 0.178. The fraction of sp³-hybridized carbons (Fsp3) is 0.419. The van der Waals surface area contributed by atoms with Crippen molar-refractivity contribution in [1.82, 2.24) is 24.4 Å². The van der Waals surface area contributed by atoms with Crippen LogP contribution in [0.4, 0.5) is 10.2 Å². The first-order valence-corrected chi connectivity index (χ1v) is 14.3. The van der Waals surface area contributed by atoms with E-state index in [0.29, 0.717) is 11.6 Å². The number of hydrogen-bond donors (Lipinski definition) is 2. The second-order valence-electron chi connectivity index (χ2n) is 11.0. The minimum Gasteiger partial charge on any atom is -0.401 e. The Morgan fingerprint density at radius 1 is 1.07 bits per heavy atom. The quantitative estimate of drug-likeness (QED) is 0.279. The molecule has 0 spiro atoms. The number of piperazine rings is 1. The topological polar surface area (TPSA) is 102 Å². The van der Waals surface area contributed by atoms with Gasteiger partial charge in [-0.05, 0) is 63.1 Å². The van der Waals surface area contributed by atoms with Gasteiger partial charge in [0.1, 0.15) is 17.3 Å². The predicted molar refractivity (Wildman–Crippen MR) is 163 cm³/mol. The van der Waals surface area contributed by atoms with E-state index in [4.69, 9.17) is 26.3 Å². The molecule has 218 valence electrons. The van der Waals surface area contributed by atoms with Gasteiger partial charge in [0.05, 0.1) is 16.7 Å². The number of benzene rings is 1. The molecule has 4 aromatic rings. The van der Waals surface area contributed by atoms with Crippen molar-refractivity contribution in [2.24, 2.45) is 17.5 Å². The average molecular weight is 561 g/mol. The maximum Gasteiger partial charge on any atom is 0.145 e. The van der Waals surface area contributed by atoms with E-state index in [0.717, 1.165) is 97.9 Å². The van der Waals surface area contributed by atoms with Crippen molar-refractivity contribution in [2.45, 2.75) is 26.3 Å². The third-order valence-corrected chi connectivity index (χ3v) is 7.87. The molecule has 0 saturated carbocycles. The molecule has 0 unspecified atom stereocenters. The summed E-state index contributed by atoms with van der Waals surface area (Å²) in [6, 6.07) is 14.4. The number of hydrogen-bond acceptors (Lipinski definition) is 8. The molecule has 0 radical (unpaired) electrons. The van der Waals surface area contributed by atoms with E-state index in [9.17, 15) is 4.39 Å². The van der Waals surface area contributed by atoms with Gasteiger partial charge in [-0.3, -0.25) is 4.98 Å². The number of ether oxygens (including phenoxy) is 1. The van der Waals surface area contributed by atoms with Crippen LogP contribution >= 0.6 is 0 Å². The van der Waals surface area contributed by atoms with Crippen molar-refractivity contribution in [3.8, 4) is 0 Å². The number of rotatable bonds is 5. The van der Waals surface area contributed by atoms with Crippen molar-refractivity contribution in [2.75, 3.05) is 58.4 Å². The van der Waals surface area contributed by atoms with Gasteiger partial charge in [0.2, 0.25) is 0 Å². The van der Waals surface area contributed by atoms with Crippen LogP contribution in [0.1, 0.15) is 25.3 Å². The highest BCUT2D eigenvalue weighted by atomic mass is 19.1. The lowest BCUT2D eigenvalue weighted by Gasteiger charge is -2.33. The molecule has 0 bridgehead atoms. The minimum atomic E-state index is -0.178. The number of aromatic nitrogens is 3. The third kappa shape index (κ3) is 6.61. The van der Waals surface area contributed by atoms with Crippen LogP contribution in [-0.2, 0) is 11.3 Å². The van der Waals surface area contributed by atoms with Crippen LogP contribution in [0.2, 0.25) is 0 Å². The van der Waals surface area contributed by atoms with Gasteiger partial charge in [0.15, 0.2) is 0 Å². The molecule has 9 nitrogen and oxygen atoms in total. The average Bonchev–Trinajstić information content (AvgIpc) is 3.26. The van der Waals surface area contributed by atoms with E-state index < -0.39 is 0 Å². The lowest BCUT2D eigenvalue weighted by Crippen LogP contribution is -2.44. The molecular weight excluding hydrogens is 519 g/mol. The zero-order chi connectivity index (χ0) is 28.9. The summed E-state index contributed by atoms with van der Waals surface area (Å²) in [5, 5.41) is 2.65. The Balaban J connectivity index is 0.000000423. The van der Waals surface area contributed by atoms with Crippen molar-refractivity contribution in [3.05, 3.63) is 71.8 Å². The van der Waals surface area contributed by atoms with Crippen LogP contribution in [-0.4, -0.2) is 77.9 Å². The van der Waals surface area contributed by atoms with E-state index in [2.05, 4.69) is 39.6 Å². The summed E-state index contributed by atoms with van der Waals surface area (Å²) in [6.45, 7) is 8.49. The zero-order valence-electron chi connectivity index (χ0n) is 24.3. The zero-order valence-corrected chi connectivity index (χ0v) is 24.3. The number of fused-ring (bicyclic) bond motifs is 3. The Labute approximate surface area is 241 Å². The number of nitrogens with zero attached hydrogens (tertiary/aromatic N) is 6. The molecule has 0 amide bonds. The highest BCUT2D eigenvalue weighted by Crippen LogP contribution is 2.33. The summed E-state index contributed by atoms with van der Waals surface area (Å²) in [4.78, 5) is 14.8. The fourth-order valence-corrected chi connectivity index (χ4v) is 5.65. The molecule has 6 rings (SSSR count). The van der Waals surface area contributed by atoms with Crippen molar-refractivity contribution in [1.29, 1.82) is 0 Å². The summed E-state index contributed by atoms with van der Waals surface area (Å²) >= 11 is 0. The van der Waals surface area contributed by atoms with Gasteiger partial charge in [-0.25, -0.2) is 15.2 Å². The first kappa shape index (κ1) is 28.8. The van der Waals surface area contributed by atoms with Gasteiger partial charge in [0.25, 0.3) is 0 Å². The molecule has 41 heavy (non-hydrogen) atoms. The molecule has 10 heteroatoms. The van der Waals surface area contributed by atoms with Gasteiger partial charge in [0, 0.05) is 75.8 Å². The van der Waals surface area contributed by atoms with Gasteiger partial charge >= 0.3 is 0 Å². The lowest BCUT2D eigenvalue weighted by atomic mass is 10.0. The Morgan fingerprint density at radius 2 is 1.78 bits per heavy atom. The van der Waals surface area contributed by atoms with Crippen LogP contribution in [0.15, 0.2) is 60.4 Å². The molecule has 3 aromatic heterocycles. The number of allylic oxidation sites excluding steroid dienone is 1. The summed E-state index contributed by atoms with van der Waals surface area (Å²) in [5.41, 5.74) is 11.6. The van der Waals surface area contributed by atoms with Crippen molar-refractivity contribution >= 4 is 33.6 Å². The first-order valence-electron chi connectivity index (χ1n) is 14.3. The van der Waals surface area contributed by atoms with Gasteiger partial charge in [-0.15, -0.1) is 0 Å². The second-order valence-corrected chi connectivity index (χ2v) is 11.0. The predicted octanol–water partition coefficient (Wildman–Crippen LogP) is 4.04. The van der Waals surface area contributed by atoms with E-state index in [-0.39, 0.29) is 5.82 Å². The van der Waals surface area contributed by atoms with Crippen LogP contribution < -0.4 is 16.5 Å². The van der Waals surface area contributed by atoms with Crippen LogP contribution in [0.3, 0.4) is 0 Å². The summed E-state index contributed by atoms with van der Waals surface area (Å²) in [7, 11) is 3.98. The number of halogens is 1. The molecule has 2 saturated heterocycles. The Morgan fingerprint density at radius 3 is 2.39 bits per heavy atom. The Kier molecular flexibility index (Phi) is 9.02. The van der Waals surface area contributed by atoms with E-state index in [1.165, 1.54) is 12.1 Å². The second kappa shape index (κ2) is 12.8. The maximum atomic E-state index is 11.9. The summed E-state index contributed by atoms with van der Waals surface area (Å²) in [6.07, 6.45) is 3.99. The number of hydrazine groups is 1. The van der Waals surface area contributed by atoms with Gasteiger partial charge < -0.3 is 29.8 Å². The normalized spacial score (nSPS) is 17.3. The Bertz CT molecular complexity index is 1480. The molecule has 1 aromatic carbocycles. The first-order chi connectivity index (χ1) is 19.8. The summed E-state index contributed by atoms with van der Waals surface area (Å²) in [5.74, 6) is 7.52. The SMILES string of the molecule is C/C(N)=C(\c1cnc2c3ccc(N4CCN(C)CC4)nc3n(CC3CCOCC3)c2c1)N(C)N.Fc1ccccc1. The van der Waals surface area contributed by atoms with Crippen LogP contribution in [0.25, 0.3) is 27.8 Å². The largest absolute Gasteiger partial charge is 0.401 e. The number of nitrogens with two attached hydrogens (primary N) is 2. The highest BCUT2D eigenvalue weighted by molar-refractivity contribution is 6.05. The fourth-order valence-electron chi connectivity index (χ4n) is 5.65. The maximum absolute atomic E-state index is 11.9. The Hall–Kier alpha value is -3.73. The molecule has 0 aliphatic carbocycles. The van der Waals surface area contributed by atoms with E-state index in [1.807, 2.05) is 13.1 Å². The van der Waals surface area contributed by atoms with Crippen LogP contribution in [0, 0.1) is 11.7 Å². The number of pyridine rings is 2. The lowest BCUT2D eigenvalue weighted by molar-refractivity contribution is 0.0619. The molecule has 2 aliphatic heterocycles. The van der Waals surface area contributed by atoms with Gasteiger partial charge in [-0.2, -0.15) is 0 Å². The van der Waals surface area contributed by atoms with Crippen molar-refractivity contribution in [3.63, 3.8) is 0 Å².